The van der Waals surface area contributed by atoms with Gasteiger partial charge in [0.1, 0.15) is 5.75 Å². The minimum Gasteiger partial charge on any atom is -0.507 e. The van der Waals surface area contributed by atoms with Gasteiger partial charge in [0.2, 0.25) is 0 Å². The Morgan fingerprint density at radius 2 is 2.09 bits per heavy atom. The van der Waals surface area contributed by atoms with Crippen molar-refractivity contribution < 1.29 is 13.9 Å². The minimum atomic E-state index is -2.65. The van der Waals surface area contributed by atoms with Crippen LogP contribution in [0.15, 0.2) is 36.7 Å². The van der Waals surface area contributed by atoms with Gasteiger partial charge in [-0.1, -0.05) is 0 Å². The first-order valence-corrected chi connectivity index (χ1v) is 11.0. The molecule has 1 aromatic carbocycles. The lowest BCUT2D eigenvalue weighted by atomic mass is 9.96. The van der Waals surface area contributed by atoms with Crippen molar-refractivity contribution in [2.75, 3.05) is 11.4 Å². The third-order valence-electron chi connectivity index (χ3n) is 6.78. The van der Waals surface area contributed by atoms with E-state index in [1.807, 2.05) is 12.1 Å². The summed E-state index contributed by atoms with van der Waals surface area (Å²) in [5.41, 5.74) is 2.02. The minimum absolute atomic E-state index is 0.00221. The number of phenolic OH excluding ortho intramolecular Hbond substituents is 1. The van der Waals surface area contributed by atoms with Crippen LogP contribution < -0.4 is 10.2 Å². The van der Waals surface area contributed by atoms with Gasteiger partial charge in [0, 0.05) is 43.5 Å². The third kappa shape index (κ3) is 3.21. The van der Waals surface area contributed by atoms with Crippen LogP contribution in [0, 0.1) is 0 Å². The number of halogens is 2. The maximum atomic E-state index is 14.2. The van der Waals surface area contributed by atoms with Crippen molar-refractivity contribution in [1.82, 2.24) is 30.3 Å². The molecule has 2 saturated heterocycles. The van der Waals surface area contributed by atoms with Crippen LogP contribution in [0.1, 0.15) is 31.4 Å². The summed E-state index contributed by atoms with van der Waals surface area (Å²) < 4.78 is 30.0. The van der Waals surface area contributed by atoms with Gasteiger partial charge in [0.15, 0.2) is 11.6 Å². The van der Waals surface area contributed by atoms with E-state index < -0.39 is 12.0 Å². The van der Waals surface area contributed by atoms with Crippen molar-refractivity contribution in [2.24, 2.45) is 0 Å². The molecule has 3 aliphatic rings. The summed E-state index contributed by atoms with van der Waals surface area (Å²) in [6.07, 6.45) is 6.06. The zero-order valence-corrected chi connectivity index (χ0v) is 17.3. The fourth-order valence-corrected chi connectivity index (χ4v) is 5.29. The van der Waals surface area contributed by atoms with Gasteiger partial charge >= 0.3 is 0 Å². The molecule has 6 rings (SSSR count). The smallest absolute Gasteiger partial charge is 0.264 e. The Hall–Kier alpha value is -3.14. The van der Waals surface area contributed by atoms with Crippen molar-refractivity contribution in [2.45, 2.75) is 56.2 Å². The predicted octanol–water partition coefficient (Wildman–Crippen LogP) is 2.71. The lowest BCUT2D eigenvalue weighted by molar-refractivity contribution is -0.0129. The van der Waals surface area contributed by atoms with Gasteiger partial charge in [0.05, 0.1) is 23.0 Å². The van der Waals surface area contributed by atoms with Crippen LogP contribution in [0.4, 0.5) is 14.6 Å². The maximum Gasteiger partial charge on any atom is 0.264 e. The van der Waals surface area contributed by atoms with E-state index in [1.165, 1.54) is 0 Å². The number of nitrogens with zero attached hydrogens (tertiary/aromatic N) is 6. The monoisotopic (exact) mass is 439 g/mol. The molecule has 2 aromatic heterocycles. The molecule has 8 nitrogen and oxygen atoms in total. The van der Waals surface area contributed by atoms with Crippen LogP contribution in [0.3, 0.4) is 0 Å². The van der Waals surface area contributed by atoms with Crippen LogP contribution in [0.2, 0.25) is 0 Å². The van der Waals surface area contributed by atoms with Gasteiger partial charge in [-0.15, -0.1) is 10.2 Å². The summed E-state index contributed by atoms with van der Waals surface area (Å²) >= 11 is 0. The Kier molecular flexibility index (Phi) is 4.39. The highest BCUT2D eigenvalue weighted by molar-refractivity contribution is 5.66. The summed E-state index contributed by atoms with van der Waals surface area (Å²) in [6.45, 7) is 0.766. The number of aryl methyl sites for hydroxylation is 1. The van der Waals surface area contributed by atoms with E-state index in [9.17, 15) is 13.9 Å². The van der Waals surface area contributed by atoms with Crippen LogP contribution in [0.5, 0.6) is 5.75 Å². The highest BCUT2D eigenvalue weighted by Gasteiger charge is 2.53. The topological polar surface area (TPSA) is 92.0 Å². The van der Waals surface area contributed by atoms with Gasteiger partial charge in [0.25, 0.3) is 5.92 Å². The fraction of sp³-hybridized carbons (Fsp3) is 0.455. The number of alkyl halides is 2. The first-order chi connectivity index (χ1) is 15.5. The second-order valence-electron chi connectivity index (χ2n) is 8.86. The number of benzene rings is 1. The van der Waals surface area contributed by atoms with E-state index in [2.05, 4.69) is 25.5 Å². The van der Waals surface area contributed by atoms with Crippen molar-refractivity contribution in [3.8, 4) is 22.8 Å². The summed E-state index contributed by atoms with van der Waals surface area (Å²) in [6, 6.07) is 6.07. The van der Waals surface area contributed by atoms with Crippen molar-refractivity contribution in [3.63, 3.8) is 0 Å². The Morgan fingerprint density at radius 3 is 2.88 bits per heavy atom. The number of anilines is 1. The summed E-state index contributed by atoms with van der Waals surface area (Å²) in [7, 11) is 0. The van der Waals surface area contributed by atoms with Crippen LogP contribution in [-0.2, 0) is 6.42 Å². The molecular formula is C22H23F2N7O. The maximum absolute atomic E-state index is 14.2. The molecule has 0 aliphatic carbocycles. The van der Waals surface area contributed by atoms with Crippen molar-refractivity contribution >= 4 is 5.82 Å². The second kappa shape index (κ2) is 7.19. The van der Waals surface area contributed by atoms with Crippen molar-refractivity contribution in [1.29, 1.82) is 0 Å². The molecular weight excluding hydrogens is 416 g/mol. The Labute approximate surface area is 183 Å². The predicted molar refractivity (Wildman–Crippen MR) is 113 cm³/mol. The number of aromatic nitrogens is 5. The summed E-state index contributed by atoms with van der Waals surface area (Å²) in [5, 5.41) is 26.6. The summed E-state index contributed by atoms with van der Waals surface area (Å²) in [4.78, 5) is 6.82. The number of nitrogens with one attached hydrogen (secondary N) is 1. The molecule has 0 saturated carbocycles. The number of rotatable bonds is 3. The van der Waals surface area contributed by atoms with E-state index in [1.54, 1.807) is 29.2 Å². The third-order valence-corrected chi connectivity index (χ3v) is 6.78. The quantitative estimate of drug-likeness (QED) is 0.648. The molecule has 0 amide bonds. The van der Waals surface area contributed by atoms with E-state index in [0.29, 0.717) is 30.0 Å². The average molecular weight is 439 g/mol. The molecule has 3 aromatic rings. The van der Waals surface area contributed by atoms with Gasteiger partial charge in [-0.05, 0) is 43.9 Å². The molecule has 0 radical (unpaired) electrons. The molecule has 10 heteroatoms. The first-order valence-electron chi connectivity index (χ1n) is 11.0. The van der Waals surface area contributed by atoms with Gasteiger partial charge in [-0.3, -0.25) is 0 Å². The van der Waals surface area contributed by atoms with Gasteiger partial charge in [-0.2, -0.15) is 5.10 Å². The zero-order valence-electron chi connectivity index (χ0n) is 17.3. The first kappa shape index (κ1) is 19.5. The average Bonchev–Trinajstić information content (AvgIpc) is 3.39. The van der Waals surface area contributed by atoms with E-state index in [4.69, 9.17) is 4.98 Å². The molecule has 2 N–H and O–H groups in total. The van der Waals surface area contributed by atoms with E-state index >= 15 is 0 Å². The highest BCUT2D eigenvalue weighted by Crippen LogP contribution is 2.42. The Balaban J connectivity index is 1.28. The second-order valence-corrected chi connectivity index (χ2v) is 8.86. The van der Waals surface area contributed by atoms with Crippen molar-refractivity contribution in [3.05, 3.63) is 42.4 Å². The molecule has 166 valence electrons. The zero-order chi connectivity index (χ0) is 21.9. The molecule has 3 aliphatic heterocycles. The summed E-state index contributed by atoms with van der Waals surface area (Å²) in [5.74, 6) is -1.56. The Morgan fingerprint density at radius 1 is 1.19 bits per heavy atom. The number of fused-ring (bicyclic) bond motifs is 3. The van der Waals surface area contributed by atoms with Crippen LogP contribution >= 0.6 is 0 Å². The fourth-order valence-electron chi connectivity index (χ4n) is 5.29. The molecule has 2 fully saturated rings. The number of aromatic hydroxyl groups is 1. The molecule has 5 heterocycles. The Bertz CT molecular complexity index is 1150. The number of piperidine rings is 1. The number of hydrogen-bond acceptors (Lipinski definition) is 7. The number of hydrogen-bond donors (Lipinski definition) is 2. The SMILES string of the molecule is Oc1cc(-n2cccn2)ccc1-c1nnc2c(n1)CCCN2[C@H]1C[C@@H]2CC(F)(F)[C@H](C1)N2. The largest absolute Gasteiger partial charge is 0.507 e. The molecule has 0 unspecified atom stereocenters. The van der Waals surface area contributed by atoms with Gasteiger partial charge < -0.3 is 15.3 Å². The van der Waals surface area contributed by atoms with E-state index in [-0.39, 0.29) is 24.3 Å². The molecule has 32 heavy (non-hydrogen) atoms. The van der Waals surface area contributed by atoms with Crippen LogP contribution in [-0.4, -0.2) is 60.7 Å². The lowest BCUT2D eigenvalue weighted by Gasteiger charge is -2.40. The number of phenols is 1. The normalized spacial score (nSPS) is 26.2. The van der Waals surface area contributed by atoms with E-state index in [0.717, 1.165) is 30.8 Å². The molecule has 2 bridgehead atoms. The van der Waals surface area contributed by atoms with Crippen LogP contribution in [0.25, 0.3) is 17.1 Å². The molecule has 0 spiro atoms. The molecule has 3 atom stereocenters. The standard InChI is InChI=1S/C22H23F2N7O/c23-22(24)12-13-9-15(11-19(22)26-13)30-7-1-3-17-21(30)29-28-20(27-17)16-5-4-14(10-18(16)32)31-8-2-6-25-31/h2,4-6,8,10,13,15,19,26,32H,1,3,7,9,11-12H2/t13-,15+,19+/m1/s1. The lowest BCUT2D eigenvalue weighted by Crippen LogP contribution is -2.52. The highest BCUT2D eigenvalue weighted by atomic mass is 19.3. The van der Waals surface area contributed by atoms with Gasteiger partial charge in [-0.25, -0.2) is 18.4 Å².